The Kier molecular flexibility index (Phi) is 6.84. The van der Waals surface area contributed by atoms with Gasteiger partial charge in [0.2, 0.25) is 0 Å². The number of hydrogen-bond donors (Lipinski definition) is 0. The van der Waals surface area contributed by atoms with Crippen LogP contribution in [0, 0.1) is 0 Å². The zero-order valence-corrected chi connectivity index (χ0v) is 26.3. The lowest BCUT2D eigenvalue weighted by molar-refractivity contribution is 0.673. The van der Waals surface area contributed by atoms with Crippen LogP contribution < -0.4 is 4.90 Å². The third kappa shape index (κ3) is 4.74. The first-order valence-electron chi connectivity index (χ1n) is 16.4. The maximum Gasteiger partial charge on any atom is 0.143 e. The first kappa shape index (κ1) is 27.9. The average Bonchev–Trinajstić information content (AvgIpc) is 3.56. The number of hydrogen-bond acceptors (Lipinski definition) is 2. The monoisotopic (exact) mass is 613 g/mol. The molecular weight excluding hydrogens is 583 g/mol. The van der Waals surface area contributed by atoms with Crippen molar-refractivity contribution in [2.75, 3.05) is 4.90 Å². The van der Waals surface area contributed by atoms with Gasteiger partial charge in [-0.2, -0.15) is 0 Å². The summed E-state index contributed by atoms with van der Waals surface area (Å²) in [5.41, 5.74) is 12.4. The summed E-state index contributed by atoms with van der Waals surface area (Å²) in [7, 11) is 0. The Morgan fingerprint density at radius 1 is 0.312 bits per heavy atom. The fourth-order valence-electron chi connectivity index (χ4n) is 7.07. The summed E-state index contributed by atoms with van der Waals surface area (Å²) < 4.78 is 6.58. The average molecular weight is 614 g/mol. The van der Waals surface area contributed by atoms with E-state index in [0.717, 1.165) is 44.4 Å². The van der Waals surface area contributed by atoms with E-state index in [2.05, 4.69) is 187 Å². The molecule has 1 aromatic heterocycles. The first-order valence-corrected chi connectivity index (χ1v) is 16.4. The van der Waals surface area contributed by atoms with E-state index < -0.39 is 0 Å². The minimum atomic E-state index is 0.906. The molecule has 0 fully saturated rings. The molecule has 0 amide bonds. The molecule has 0 unspecified atom stereocenters. The van der Waals surface area contributed by atoms with Crippen LogP contribution in [0.1, 0.15) is 0 Å². The maximum atomic E-state index is 6.58. The lowest BCUT2D eigenvalue weighted by Gasteiger charge is -2.25. The molecule has 0 aliphatic heterocycles. The van der Waals surface area contributed by atoms with Crippen molar-refractivity contribution in [3.05, 3.63) is 188 Å². The van der Waals surface area contributed by atoms with Crippen LogP contribution in [0.4, 0.5) is 17.1 Å². The lowest BCUT2D eigenvalue weighted by Crippen LogP contribution is -2.09. The van der Waals surface area contributed by atoms with Gasteiger partial charge in [0.25, 0.3) is 0 Å². The smallest absolute Gasteiger partial charge is 0.143 e. The Morgan fingerprint density at radius 3 is 1.38 bits per heavy atom. The third-order valence-electron chi connectivity index (χ3n) is 9.26. The van der Waals surface area contributed by atoms with E-state index in [1.807, 2.05) is 6.07 Å². The van der Waals surface area contributed by atoms with E-state index in [4.69, 9.17) is 4.42 Å². The van der Waals surface area contributed by atoms with Gasteiger partial charge in [-0.25, -0.2) is 0 Å². The van der Waals surface area contributed by atoms with Gasteiger partial charge in [-0.15, -0.1) is 0 Å². The molecule has 0 saturated carbocycles. The quantitative estimate of drug-likeness (QED) is 0.185. The number of benzene rings is 8. The van der Waals surface area contributed by atoms with E-state index in [9.17, 15) is 0 Å². The van der Waals surface area contributed by atoms with E-state index in [0.29, 0.717) is 0 Å². The van der Waals surface area contributed by atoms with Gasteiger partial charge in [0, 0.05) is 38.8 Å². The van der Waals surface area contributed by atoms with Gasteiger partial charge in [-0.05, 0) is 75.7 Å². The minimum absolute atomic E-state index is 0.906. The number of fused-ring (bicyclic) bond motifs is 5. The van der Waals surface area contributed by atoms with Crippen LogP contribution >= 0.6 is 0 Å². The molecule has 0 aliphatic rings. The predicted molar refractivity (Wildman–Crippen MR) is 202 cm³/mol. The Labute approximate surface area is 279 Å². The molecule has 0 radical (unpaired) electrons. The Hall–Kier alpha value is -6.38. The number of anilines is 3. The van der Waals surface area contributed by atoms with E-state index >= 15 is 0 Å². The highest BCUT2D eigenvalue weighted by molar-refractivity contribution is 6.26. The molecular formula is C46H31NO. The molecule has 0 atom stereocenters. The molecule has 2 heteroatoms. The molecule has 0 spiro atoms. The fraction of sp³-hybridized carbons (Fsp3) is 0. The second kappa shape index (κ2) is 11.8. The molecule has 0 N–H and O–H groups in total. The first-order chi connectivity index (χ1) is 23.8. The van der Waals surface area contributed by atoms with Crippen LogP contribution in [0.3, 0.4) is 0 Å². The van der Waals surface area contributed by atoms with Crippen LogP contribution in [0.15, 0.2) is 192 Å². The van der Waals surface area contributed by atoms with Crippen LogP contribution in [-0.2, 0) is 0 Å². The minimum Gasteiger partial charge on any atom is -0.455 e. The van der Waals surface area contributed by atoms with Crippen LogP contribution in [-0.4, -0.2) is 0 Å². The van der Waals surface area contributed by atoms with E-state index in [1.54, 1.807) is 0 Å². The van der Waals surface area contributed by atoms with Crippen molar-refractivity contribution in [2.24, 2.45) is 0 Å². The molecule has 1 heterocycles. The topological polar surface area (TPSA) is 16.4 Å². The van der Waals surface area contributed by atoms with Crippen LogP contribution in [0.25, 0.3) is 66.1 Å². The summed E-state index contributed by atoms with van der Waals surface area (Å²) in [6.45, 7) is 0. The van der Waals surface area contributed by atoms with Crippen molar-refractivity contribution in [1.29, 1.82) is 0 Å². The largest absolute Gasteiger partial charge is 0.455 e. The second-order valence-corrected chi connectivity index (χ2v) is 12.1. The van der Waals surface area contributed by atoms with Gasteiger partial charge >= 0.3 is 0 Å². The molecule has 0 bridgehead atoms. The van der Waals surface area contributed by atoms with E-state index in [1.165, 1.54) is 38.8 Å². The fourth-order valence-corrected chi connectivity index (χ4v) is 7.07. The number of rotatable bonds is 6. The molecule has 0 saturated heterocycles. The highest BCUT2D eigenvalue weighted by Crippen LogP contribution is 2.48. The molecule has 0 aliphatic carbocycles. The van der Waals surface area contributed by atoms with Gasteiger partial charge in [-0.1, -0.05) is 146 Å². The van der Waals surface area contributed by atoms with Gasteiger partial charge in [0.15, 0.2) is 0 Å². The molecule has 9 aromatic rings. The highest BCUT2D eigenvalue weighted by atomic mass is 16.3. The molecule has 2 nitrogen and oxygen atoms in total. The second-order valence-electron chi connectivity index (χ2n) is 12.1. The Balaban J connectivity index is 1.17. The van der Waals surface area contributed by atoms with Gasteiger partial charge < -0.3 is 9.32 Å². The van der Waals surface area contributed by atoms with Crippen molar-refractivity contribution in [3.63, 3.8) is 0 Å². The molecule has 48 heavy (non-hydrogen) atoms. The van der Waals surface area contributed by atoms with E-state index in [-0.39, 0.29) is 0 Å². The van der Waals surface area contributed by atoms with Crippen molar-refractivity contribution in [2.45, 2.75) is 0 Å². The summed E-state index contributed by atoms with van der Waals surface area (Å²) in [5, 5.41) is 4.60. The maximum absolute atomic E-state index is 6.58. The lowest BCUT2D eigenvalue weighted by atomic mass is 9.86. The van der Waals surface area contributed by atoms with Crippen molar-refractivity contribution < 1.29 is 4.42 Å². The standard InChI is InChI=1S/C46H31NO/c1-4-14-34(15-5-1)44-43(39-20-10-11-21-40(39)46-45(44)41-22-12-13-23-42(41)48-46)35-26-24-32(25-27-35)33-28-30-38(31-29-33)47(36-16-6-2-7-17-36)37-18-8-3-9-19-37/h1-31H. The van der Waals surface area contributed by atoms with Crippen molar-refractivity contribution in [3.8, 4) is 33.4 Å². The molecule has 8 aromatic carbocycles. The summed E-state index contributed by atoms with van der Waals surface area (Å²) in [6.07, 6.45) is 0. The van der Waals surface area contributed by atoms with Crippen LogP contribution in [0.5, 0.6) is 0 Å². The number of nitrogens with zero attached hydrogens (tertiary/aromatic N) is 1. The summed E-state index contributed by atoms with van der Waals surface area (Å²) >= 11 is 0. The SMILES string of the molecule is c1ccc(-c2c(-c3ccc(-c4ccc(N(c5ccccc5)c5ccccc5)cc4)cc3)c3ccccc3c3oc4ccccc4c23)cc1. The normalized spacial score (nSPS) is 11.3. The van der Waals surface area contributed by atoms with Crippen molar-refractivity contribution >= 4 is 49.8 Å². The summed E-state index contributed by atoms with van der Waals surface area (Å²) in [4.78, 5) is 2.29. The van der Waals surface area contributed by atoms with Gasteiger partial charge in [-0.3, -0.25) is 0 Å². The van der Waals surface area contributed by atoms with Crippen molar-refractivity contribution in [1.82, 2.24) is 0 Å². The van der Waals surface area contributed by atoms with Crippen LogP contribution in [0.2, 0.25) is 0 Å². The molecule has 9 rings (SSSR count). The Morgan fingerprint density at radius 2 is 0.750 bits per heavy atom. The Bertz CT molecular complexity index is 2480. The highest BCUT2D eigenvalue weighted by Gasteiger charge is 2.22. The third-order valence-corrected chi connectivity index (χ3v) is 9.26. The summed E-state index contributed by atoms with van der Waals surface area (Å²) in [6, 6.07) is 66.7. The number of furan rings is 1. The predicted octanol–water partition coefficient (Wildman–Crippen LogP) is 13.2. The summed E-state index contributed by atoms with van der Waals surface area (Å²) in [5.74, 6) is 0. The van der Waals surface area contributed by atoms with Gasteiger partial charge in [0.1, 0.15) is 11.2 Å². The van der Waals surface area contributed by atoms with Gasteiger partial charge in [0.05, 0.1) is 0 Å². The zero-order chi connectivity index (χ0) is 31.9. The number of para-hydroxylation sites is 3. The molecule has 226 valence electrons. The zero-order valence-electron chi connectivity index (χ0n) is 26.3.